The van der Waals surface area contributed by atoms with Gasteiger partial charge in [-0.3, -0.25) is 4.79 Å². The van der Waals surface area contributed by atoms with Gasteiger partial charge >= 0.3 is 0 Å². The average molecular weight is 424 g/mol. The number of nitrogens with zero attached hydrogens (tertiary/aromatic N) is 5. The van der Waals surface area contributed by atoms with Crippen LogP contribution in [0.5, 0.6) is 0 Å². The molecule has 3 heterocycles. The maximum Gasteiger partial charge on any atom is 0.201 e. The lowest BCUT2D eigenvalue weighted by molar-refractivity contribution is 0.604. The Hall–Kier alpha value is -2.84. The summed E-state index contributed by atoms with van der Waals surface area (Å²) in [5, 5.41) is 5.89. The van der Waals surface area contributed by atoms with E-state index in [1.807, 2.05) is 74.1 Å². The van der Waals surface area contributed by atoms with Gasteiger partial charge in [0, 0.05) is 31.2 Å². The predicted octanol–water partition coefficient (Wildman–Crippen LogP) is 4.47. The molecular weight excluding hydrogens is 402 g/mol. The number of rotatable bonds is 5. The highest BCUT2D eigenvalue weighted by molar-refractivity contribution is 7.73. The molecule has 4 rings (SSSR count). The molecular formula is C21H21N5OS2. The van der Waals surface area contributed by atoms with Crippen molar-refractivity contribution in [2.24, 2.45) is 0 Å². The number of hydrogen-bond donors (Lipinski definition) is 0. The zero-order valence-electron chi connectivity index (χ0n) is 16.5. The van der Waals surface area contributed by atoms with Crippen LogP contribution >= 0.6 is 23.6 Å². The van der Waals surface area contributed by atoms with Gasteiger partial charge in [0.25, 0.3) is 0 Å². The molecule has 0 N–H and O–H groups in total. The van der Waals surface area contributed by atoms with Crippen LogP contribution in [0.3, 0.4) is 0 Å². The molecule has 0 saturated heterocycles. The number of pyridine rings is 2. The van der Waals surface area contributed by atoms with Gasteiger partial charge < -0.3 is 9.47 Å². The first-order chi connectivity index (χ1) is 14.0. The zero-order chi connectivity index (χ0) is 20.5. The second-order valence-corrected chi connectivity index (χ2v) is 8.45. The van der Waals surface area contributed by atoms with Crippen molar-refractivity contribution in [2.75, 3.05) is 11.9 Å². The van der Waals surface area contributed by atoms with Crippen LogP contribution in [0.4, 0.5) is 5.69 Å². The normalized spacial score (nSPS) is 11.1. The summed E-state index contributed by atoms with van der Waals surface area (Å²) < 4.78 is 4.38. The fourth-order valence-corrected chi connectivity index (χ4v) is 4.32. The van der Waals surface area contributed by atoms with Crippen molar-refractivity contribution in [2.45, 2.75) is 27.1 Å². The number of aryl methyl sites for hydroxylation is 2. The third-order valence-electron chi connectivity index (χ3n) is 4.78. The van der Waals surface area contributed by atoms with Crippen LogP contribution < -0.4 is 10.3 Å². The molecule has 0 spiro atoms. The van der Waals surface area contributed by atoms with Crippen molar-refractivity contribution in [3.05, 3.63) is 68.5 Å². The van der Waals surface area contributed by atoms with E-state index in [9.17, 15) is 4.79 Å². The van der Waals surface area contributed by atoms with E-state index in [4.69, 9.17) is 12.2 Å². The van der Waals surface area contributed by atoms with E-state index in [1.165, 1.54) is 11.3 Å². The molecule has 6 nitrogen and oxygen atoms in total. The Kier molecular flexibility index (Phi) is 5.29. The average Bonchev–Trinajstić information content (AvgIpc) is 3.09. The fourth-order valence-electron chi connectivity index (χ4n) is 3.22. The minimum absolute atomic E-state index is 0.0653. The van der Waals surface area contributed by atoms with Crippen LogP contribution in [0, 0.1) is 10.9 Å². The predicted molar refractivity (Wildman–Crippen MR) is 121 cm³/mol. The Labute approximate surface area is 177 Å². The molecule has 0 aliphatic heterocycles. The molecule has 0 unspecified atom stereocenters. The Balaban J connectivity index is 1.77. The summed E-state index contributed by atoms with van der Waals surface area (Å²) in [5.41, 5.74) is 3.15. The first kappa shape index (κ1) is 19.5. The third kappa shape index (κ3) is 3.73. The van der Waals surface area contributed by atoms with Gasteiger partial charge in [0.05, 0.1) is 10.9 Å². The highest BCUT2D eigenvalue weighted by Gasteiger charge is 2.16. The van der Waals surface area contributed by atoms with Crippen LogP contribution in [0.1, 0.15) is 12.6 Å². The smallest absolute Gasteiger partial charge is 0.201 e. The second kappa shape index (κ2) is 7.88. The number of anilines is 1. The summed E-state index contributed by atoms with van der Waals surface area (Å²) >= 11 is 6.89. The molecule has 0 amide bonds. The molecule has 0 fully saturated rings. The monoisotopic (exact) mass is 423 g/mol. The first-order valence-electron chi connectivity index (χ1n) is 9.33. The number of fused-ring (bicyclic) bond motifs is 1. The van der Waals surface area contributed by atoms with Gasteiger partial charge in [0.2, 0.25) is 5.43 Å². The van der Waals surface area contributed by atoms with Crippen molar-refractivity contribution in [3.63, 3.8) is 0 Å². The third-order valence-corrected chi connectivity index (χ3v) is 6.12. The highest BCUT2D eigenvalue weighted by Crippen LogP contribution is 2.23. The highest BCUT2D eigenvalue weighted by atomic mass is 32.1. The van der Waals surface area contributed by atoms with Crippen LogP contribution in [0.15, 0.2) is 53.5 Å². The molecule has 3 aromatic heterocycles. The molecule has 1 aromatic carbocycles. The van der Waals surface area contributed by atoms with E-state index in [0.29, 0.717) is 38.8 Å². The molecule has 8 heteroatoms. The van der Waals surface area contributed by atoms with E-state index in [0.717, 1.165) is 11.4 Å². The lowest BCUT2D eigenvalue weighted by atomic mass is 10.2. The van der Waals surface area contributed by atoms with E-state index in [-0.39, 0.29) is 5.43 Å². The molecule has 0 saturated carbocycles. The summed E-state index contributed by atoms with van der Waals surface area (Å²) in [7, 11) is 1.99. The van der Waals surface area contributed by atoms with E-state index in [2.05, 4.69) is 15.0 Å². The quantitative estimate of drug-likeness (QED) is 0.443. The standard InChI is InChI=1S/C21H21N5OS2/c1-4-25-12-17(18(27)16-11-10-14(2)22-19(16)25)20-23-26(21(28)29-20)13-24(3)15-8-6-5-7-9-15/h5-12H,4,13H2,1-3H3. The second-order valence-electron chi connectivity index (χ2n) is 6.83. The minimum Gasteiger partial charge on any atom is -0.355 e. The van der Waals surface area contributed by atoms with Crippen LogP contribution in [-0.4, -0.2) is 26.4 Å². The number of aromatic nitrogens is 4. The zero-order valence-corrected chi connectivity index (χ0v) is 18.1. The van der Waals surface area contributed by atoms with Crippen molar-refractivity contribution in [1.82, 2.24) is 19.3 Å². The maximum atomic E-state index is 13.1. The van der Waals surface area contributed by atoms with Crippen molar-refractivity contribution in [1.29, 1.82) is 0 Å². The molecule has 29 heavy (non-hydrogen) atoms. The lowest BCUT2D eigenvalue weighted by Crippen LogP contribution is -2.22. The molecule has 0 aliphatic carbocycles. The van der Waals surface area contributed by atoms with Crippen LogP contribution in [0.25, 0.3) is 21.6 Å². The molecule has 0 aliphatic rings. The van der Waals surface area contributed by atoms with Crippen molar-refractivity contribution in [3.8, 4) is 10.6 Å². The van der Waals surface area contributed by atoms with Gasteiger partial charge in [-0.2, -0.15) is 5.10 Å². The molecule has 4 aromatic rings. The Morgan fingerprint density at radius 3 is 2.66 bits per heavy atom. The summed E-state index contributed by atoms with van der Waals surface area (Å²) in [6.45, 7) is 5.18. The van der Waals surface area contributed by atoms with Gasteiger partial charge in [-0.05, 0) is 50.3 Å². The summed E-state index contributed by atoms with van der Waals surface area (Å²) in [5.74, 6) is 0. The van der Waals surface area contributed by atoms with Gasteiger partial charge in [0.15, 0.2) is 8.96 Å². The molecule has 148 valence electrons. The number of para-hydroxylation sites is 1. The van der Waals surface area contributed by atoms with Gasteiger partial charge in [0.1, 0.15) is 12.3 Å². The summed E-state index contributed by atoms with van der Waals surface area (Å²) in [6, 6.07) is 13.8. The number of hydrogen-bond acceptors (Lipinski definition) is 6. The van der Waals surface area contributed by atoms with Crippen LogP contribution in [-0.2, 0) is 13.2 Å². The van der Waals surface area contributed by atoms with Gasteiger partial charge in [-0.1, -0.05) is 29.5 Å². The number of benzene rings is 1. The summed E-state index contributed by atoms with van der Waals surface area (Å²) in [6.07, 6.45) is 1.84. The van der Waals surface area contributed by atoms with Crippen molar-refractivity contribution < 1.29 is 0 Å². The Morgan fingerprint density at radius 2 is 1.93 bits per heavy atom. The topological polar surface area (TPSA) is 56.0 Å². The van der Waals surface area contributed by atoms with Gasteiger partial charge in [-0.15, -0.1) is 0 Å². The lowest BCUT2D eigenvalue weighted by Gasteiger charge is -2.18. The SMILES string of the molecule is CCn1cc(-c2nn(CN(C)c3ccccc3)c(=S)s2)c(=O)c2ccc(C)nc21. The molecule has 0 bridgehead atoms. The van der Waals surface area contributed by atoms with Crippen molar-refractivity contribution >= 4 is 40.3 Å². The molecule has 0 atom stereocenters. The molecule has 0 radical (unpaired) electrons. The largest absolute Gasteiger partial charge is 0.355 e. The van der Waals surface area contributed by atoms with Gasteiger partial charge in [-0.25, -0.2) is 9.67 Å². The first-order valence-corrected chi connectivity index (χ1v) is 10.6. The summed E-state index contributed by atoms with van der Waals surface area (Å²) in [4.78, 5) is 19.7. The van der Waals surface area contributed by atoms with E-state index >= 15 is 0 Å². The Morgan fingerprint density at radius 1 is 1.17 bits per heavy atom. The minimum atomic E-state index is -0.0653. The van der Waals surface area contributed by atoms with E-state index < -0.39 is 0 Å². The maximum absolute atomic E-state index is 13.1. The Bertz CT molecular complexity index is 1290. The fraction of sp³-hybridized carbons (Fsp3) is 0.238. The van der Waals surface area contributed by atoms with Crippen LogP contribution in [0.2, 0.25) is 0 Å². The van der Waals surface area contributed by atoms with E-state index in [1.54, 1.807) is 4.68 Å².